The number of hydrogen-bond acceptors (Lipinski definition) is 4. The van der Waals surface area contributed by atoms with E-state index in [2.05, 4.69) is 0 Å². The van der Waals surface area contributed by atoms with E-state index < -0.39 is 17.8 Å². The van der Waals surface area contributed by atoms with Crippen molar-refractivity contribution in [1.82, 2.24) is 0 Å². The first-order valence-electron chi connectivity index (χ1n) is 11.9. The van der Waals surface area contributed by atoms with Crippen LogP contribution in [0.25, 0.3) is 6.08 Å². The van der Waals surface area contributed by atoms with E-state index in [-0.39, 0.29) is 11.4 Å². The monoisotopic (exact) mass is 506 g/mol. The second kappa shape index (κ2) is 10.5. The molecule has 0 saturated carbocycles. The fourth-order valence-corrected chi connectivity index (χ4v) is 4.37. The lowest BCUT2D eigenvalue weighted by Crippen LogP contribution is -2.57. The van der Waals surface area contributed by atoms with E-state index in [0.717, 1.165) is 20.9 Å². The molecule has 0 spiro atoms. The van der Waals surface area contributed by atoms with Crippen LogP contribution in [0.4, 0.5) is 20.6 Å². The molecular formula is C31H23FN2O4. The number of urea groups is 1. The van der Waals surface area contributed by atoms with Crippen molar-refractivity contribution in [3.05, 3.63) is 131 Å². The summed E-state index contributed by atoms with van der Waals surface area (Å²) in [5, 5.41) is 0. The fraction of sp³-hybridized carbons (Fsp3) is 0.0645. The zero-order chi connectivity index (χ0) is 26.6. The molecule has 4 amide bonds. The molecule has 5 rings (SSSR count). The number of amides is 4. The SMILES string of the molecule is COc1cc(C=C2C(=O)N(c3ccccc3)C(=O)N(c3ccccc3)C2=O)ccc1Cc1cccc(F)c1. The summed E-state index contributed by atoms with van der Waals surface area (Å²) >= 11 is 0. The van der Waals surface area contributed by atoms with Crippen LogP contribution in [0.3, 0.4) is 0 Å². The zero-order valence-electron chi connectivity index (χ0n) is 20.5. The van der Waals surface area contributed by atoms with Gasteiger partial charge in [0.1, 0.15) is 17.1 Å². The molecule has 0 radical (unpaired) electrons. The molecule has 4 aromatic carbocycles. The molecule has 0 aromatic heterocycles. The van der Waals surface area contributed by atoms with Gasteiger partial charge < -0.3 is 4.74 Å². The molecule has 1 fully saturated rings. The molecule has 1 saturated heterocycles. The Kier molecular flexibility index (Phi) is 6.82. The number of anilines is 2. The van der Waals surface area contributed by atoms with E-state index >= 15 is 0 Å². The zero-order valence-corrected chi connectivity index (χ0v) is 20.5. The highest BCUT2D eigenvalue weighted by molar-refractivity contribution is 6.46. The van der Waals surface area contributed by atoms with Crippen LogP contribution < -0.4 is 14.5 Å². The van der Waals surface area contributed by atoms with Gasteiger partial charge in [0.25, 0.3) is 11.8 Å². The van der Waals surface area contributed by atoms with Gasteiger partial charge in [-0.25, -0.2) is 19.0 Å². The molecule has 38 heavy (non-hydrogen) atoms. The molecule has 0 bridgehead atoms. The first-order chi connectivity index (χ1) is 18.5. The number of ether oxygens (including phenoxy) is 1. The van der Waals surface area contributed by atoms with Crippen LogP contribution in [0.15, 0.2) is 109 Å². The Bertz CT molecular complexity index is 1490. The minimum absolute atomic E-state index is 0.169. The summed E-state index contributed by atoms with van der Waals surface area (Å²) in [4.78, 5) is 42.5. The number of para-hydroxylation sites is 2. The average molecular weight is 507 g/mol. The normalized spacial score (nSPS) is 13.6. The lowest BCUT2D eigenvalue weighted by Gasteiger charge is -2.33. The van der Waals surface area contributed by atoms with Crippen LogP contribution in [0.2, 0.25) is 0 Å². The summed E-state index contributed by atoms with van der Waals surface area (Å²) in [7, 11) is 1.52. The highest BCUT2D eigenvalue weighted by atomic mass is 19.1. The van der Waals surface area contributed by atoms with Crippen LogP contribution >= 0.6 is 0 Å². The largest absolute Gasteiger partial charge is 0.496 e. The molecule has 1 heterocycles. The minimum atomic E-state index is -0.752. The Balaban J connectivity index is 1.56. The van der Waals surface area contributed by atoms with Crippen LogP contribution in [0.1, 0.15) is 16.7 Å². The predicted octanol–water partition coefficient (Wildman–Crippen LogP) is 6.01. The van der Waals surface area contributed by atoms with Crippen molar-refractivity contribution in [2.45, 2.75) is 6.42 Å². The number of rotatable bonds is 6. The predicted molar refractivity (Wildman–Crippen MR) is 143 cm³/mol. The molecule has 0 unspecified atom stereocenters. The first-order valence-corrected chi connectivity index (χ1v) is 11.9. The van der Waals surface area contributed by atoms with Gasteiger partial charge in [0.2, 0.25) is 0 Å². The summed E-state index contributed by atoms with van der Waals surface area (Å²) in [6.07, 6.45) is 1.89. The maximum Gasteiger partial charge on any atom is 0.343 e. The smallest absolute Gasteiger partial charge is 0.343 e. The summed E-state index contributed by atoms with van der Waals surface area (Å²) in [6, 6.07) is 27.8. The molecule has 0 N–H and O–H groups in total. The van der Waals surface area contributed by atoms with Gasteiger partial charge in [-0.2, -0.15) is 0 Å². The molecule has 0 atom stereocenters. The van der Waals surface area contributed by atoms with Crippen molar-refractivity contribution in [3.8, 4) is 5.75 Å². The molecule has 188 valence electrons. The molecule has 6 nitrogen and oxygen atoms in total. The summed E-state index contributed by atoms with van der Waals surface area (Å²) in [6.45, 7) is 0. The van der Waals surface area contributed by atoms with E-state index in [1.165, 1.54) is 25.3 Å². The fourth-order valence-electron chi connectivity index (χ4n) is 4.37. The number of benzene rings is 4. The second-order valence-corrected chi connectivity index (χ2v) is 8.67. The van der Waals surface area contributed by atoms with Gasteiger partial charge in [0.15, 0.2) is 0 Å². The van der Waals surface area contributed by atoms with Crippen molar-refractivity contribution in [1.29, 1.82) is 0 Å². The van der Waals surface area contributed by atoms with Gasteiger partial charge in [-0.15, -0.1) is 0 Å². The van der Waals surface area contributed by atoms with Gasteiger partial charge in [-0.05, 0) is 65.2 Å². The average Bonchev–Trinajstić information content (AvgIpc) is 2.93. The summed E-state index contributed by atoms with van der Waals surface area (Å²) in [5.74, 6) is -1.24. The minimum Gasteiger partial charge on any atom is -0.496 e. The maximum absolute atomic E-state index is 13.7. The van der Waals surface area contributed by atoms with Crippen molar-refractivity contribution in [3.63, 3.8) is 0 Å². The van der Waals surface area contributed by atoms with Gasteiger partial charge in [0, 0.05) is 6.42 Å². The molecule has 1 aliphatic rings. The van der Waals surface area contributed by atoms with Crippen molar-refractivity contribution < 1.29 is 23.5 Å². The maximum atomic E-state index is 13.7. The Morgan fingerprint density at radius 2 is 1.34 bits per heavy atom. The third-order valence-corrected chi connectivity index (χ3v) is 6.18. The van der Waals surface area contributed by atoms with Gasteiger partial charge in [-0.1, -0.05) is 60.7 Å². The molecule has 0 aliphatic carbocycles. The number of carbonyl (C=O) groups excluding carboxylic acids is 3. The topological polar surface area (TPSA) is 66.9 Å². The molecule has 7 heteroatoms. The van der Waals surface area contributed by atoms with E-state index in [1.54, 1.807) is 78.9 Å². The Morgan fingerprint density at radius 3 is 1.89 bits per heavy atom. The van der Waals surface area contributed by atoms with Gasteiger partial charge in [-0.3, -0.25) is 9.59 Å². The van der Waals surface area contributed by atoms with E-state index in [0.29, 0.717) is 29.1 Å². The number of imide groups is 2. The highest BCUT2D eigenvalue weighted by Gasteiger charge is 2.43. The molecule has 4 aromatic rings. The quantitative estimate of drug-likeness (QED) is 0.237. The summed E-state index contributed by atoms with van der Waals surface area (Å²) < 4.78 is 19.2. The molecular weight excluding hydrogens is 483 g/mol. The molecule has 1 aliphatic heterocycles. The number of barbiturate groups is 1. The first kappa shape index (κ1) is 24.6. The van der Waals surface area contributed by atoms with Crippen LogP contribution in [0.5, 0.6) is 5.75 Å². The lowest BCUT2D eigenvalue weighted by atomic mass is 10.00. The number of halogens is 1. The summed E-state index contributed by atoms with van der Waals surface area (Å²) in [5.41, 5.74) is 2.67. The van der Waals surface area contributed by atoms with Crippen molar-refractivity contribution in [2.75, 3.05) is 16.9 Å². The van der Waals surface area contributed by atoms with Gasteiger partial charge in [0.05, 0.1) is 18.5 Å². The highest BCUT2D eigenvalue weighted by Crippen LogP contribution is 2.31. The number of nitrogens with zero attached hydrogens (tertiary/aromatic N) is 2. The van der Waals surface area contributed by atoms with E-state index in [4.69, 9.17) is 4.74 Å². The van der Waals surface area contributed by atoms with Crippen molar-refractivity contribution in [2.24, 2.45) is 0 Å². The number of methoxy groups -OCH3 is 1. The van der Waals surface area contributed by atoms with Crippen molar-refractivity contribution >= 4 is 35.3 Å². The third-order valence-electron chi connectivity index (χ3n) is 6.18. The van der Waals surface area contributed by atoms with Crippen LogP contribution in [-0.4, -0.2) is 25.0 Å². The van der Waals surface area contributed by atoms with Crippen LogP contribution in [0, 0.1) is 5.82 Å². The Morgan fingerprint density at radius 1 is 0.737 bits per heavy atom. The van der Waals surface area contributed by atoms with Gasteiger partial charge >= 0.3 is 6.03 Å². The lowest BCUT2D eigenvalue weighted by molar-refractivity contribution is -0.121. The number of carbonyl (C=O) groups is 3. The standard InChI is InChI=1S/C31H23FN2O4/c1-38-28-20-22(15-16-23(28)17-21-9-8-10-24(32)18-21)19-27-29(35)33(25-11-4-2-5-12-25)31(37)34(30(27)36)26-13-6-3-7-14-26/h2-16,18-20H,17H2,1H3. The number of hydrogen-bond donors (Lipinski definition) is 0. The second-order valence-electron chi connectivity index (χ2n) is 8.67. The third kappa shape index (κ3) is 4.82. The van der Waals surface area contributed by atoms with E-state index in [9.17, 15) is 18.8 Å². The van der Waals surface area contributed by atoms with E-state index in [1.807, 2.05) is 12.1 Å². The Labute approximate surface area is 219 Å². The Hall–Kier alpha value is -5.04. The van der Waals surface area contributed by atoms with Crippen LogP contribution in [-0.2, 0) is 16.0 Å².